The summed E-state index contributed by atoms with van der Waals surface area (Å²) in [4.78, 5) is 21.0. The molecular formula is C13H25NO5Si. The Hall–Kier alpha value is -0.733. The average molecular weight is 303 g/mol. The minimum absolute atomic E-state index is 0.137. The summed E-state index contributed by atoms with van der Waals surface area (Å²) in [6, 6.07) is 0.500. The van der Waals surface area contributed by atoms with Gasteiger partial charge in [-0.2, -0.15) is 0 Å². The van der Waals surface area contributed by atoms with E-state index in [-0.39, 0.29) is 11.8 Å². The first-order chi connectivity index (χ1) is 9.52. The third-order valence-electron chi connectivity index (χ3n) is 3.77. The van der Waals surface area contributed by atoms with Crippen LogP contribution in [0.4, 0.5) is 0 Å². The van der Waals surface area contributed by atoms with E-state index in [0.717, 1.165) is 12.8 Å². The maximum atomic E-state index is 11.1. The molecule has 0 amide bonds. The highest BCUT2D eigenvalue weighted by molar-refractivity contribution is 6.59. The van der Waals surface area contributed by atoms with Crippen molar-refractivity contribution in [2.24, 2.45) is 11.8 Å². The number of nitrogens with one attached hydrogen (secondary N) is 1. The summed E-state index contributed by atoms with van der Waals surface area (Å²) in [5, 5.41) is 12.4. The molecule has 0 saturated heterocycles. The van der Waals surface area contributed by atoms with E-state index in [1.807, 2.05) is 12.2 Å². The van der Waals surface area contributed by atoms with Gasteiger partial charge in [-0.1, -0.05) is 12.2 Å². The lowest BCUT2D eigenvalue weighted by atomic mass is 9.83. The summed E-state index contributed by atoms with van der Waals surface area (Å²) in [6.45, 7) is 1.40. The van der Waals surface area contributed by atoms with E-state index in [9.17, 15) is 9.59 Å². The van der Waals surface area contributed by atoms with Crippen molar-refractivity contribution in [3.63, 3.8) is 0 Å². The Morgan fingerprint density at radius 1 is 1.35 bits per heavy atom. The molecule has 0 aromatic heterocycles. The van der Waals surface area contributed by atoms with Gasteiger partial charge < -0.3 is 24.1 Å². The molecule has 3 N–H and O–H groups in total. The van der Waals surface area contributed by atoms with Crippen LogP contribution in [0.2, 0.25) is 6.04 Å². The third-order valence-corrected chi connectivity index (χ3v) is 6.03. The van der Waals surface area contributed by atoms with Gasteiger partial charge in [-0.25, -0.2) is 0 Å². The maximum absolute atomic E-state index is 11.1. The number of hydrogen-bond acceptors (Lipinski definition) is 5. The Labute approximate surface area is 121 Å². The normalized spacial score (nSPS) is 22.9. The molecule has 0 heterocycles. The minimum Gasteiger partial charge on any atom is -0.481 e. The van der Waals surface area contributed by atoms with E-state index in [0.29, 0.717) is 25.6 Å². The van der Waals surface area contributed by atoms with Gasteiger partial charge in [0.1, 0.15) is 0 Å². The van der Waals surface area contributed by atoms with Crippen LogP contribution in [-0.4, -0.2) is 52.0 Å². The zero-order valence-corrected chi connectivity index (χ0v) is 13.2. The second-order valence-corrected chi connectivity index (χ2v) is 7.82. The zero-order valence-electron chi connectivity index (χ0n) is 12.2. The highest BCUT2D eigenvalue weighted by Gasteiger charge is 2.33. The fourth-order valence-corrected chi connectivity index (χ4v) is 3.61. The van der Waals surface area contributed by atoms with Crippen molar-refractivity contribution in [2.75, 3.05) is 27.3 Å². The van der Waals surface area contributed by atoms with Crippen LogP contribution in [0.3, 0.4) is 0 Å². The summed E-state index contributed by atoms with van der Waals surface area (Å²) in [5.74, 6) is -0.878. The number of hydrogen-bond donors (Lipinski definition) is 3. The van der Waals surface area contributed by atoms with E-state index in [1.165, 1.54) is 14.2 Å². The molecule has 0 saturated carbocycles. The molecule has 1 rings (SSSR count). The number of carboxylic acid groups (broad SMARTS) is 1. The number of carboxylic acids is 1. The van der Waals surface area contributed by atoms with E-state index in [1.54, 1.807) is 0 Å². The van der Waals surface area contributed by atoms with E-state index in [2.05, 4.69) is 5.32 Å². The molecule has 0 aromatic carbocycles. The van der Waals surface area contributed by atoms with Gasteiger partial charge >= 0.3 is 14.8 Å². The molecule has 1 aliphatic rings. The Kier molecular flexibility index (Phi) is 7.39. The second kappa shape index (κ2) is 8.53. The smallest absolute Gasteiger partial charge is 0.481 e. The first-order valence-corrected chi connectivity index (χ1v) is 8.90. The van der Waals surface area contributed by atoms with Crippen LogP contribution in [0.1, 0.15) is 19.3 Å². The molecule has 0 aliphatic heterocycles. The first kappa shape index (κ1) is 17.3. The minimum atomic E-state index is -2.96. The van der Waals surface area contributed by atoms with Crippen molar-refractivity contribution >= 4 is 14.8 Å². The Balaban J connectivity index is 2.23. The van der Waals surface area contributed by atoms with Gasteiger partial charge in [0.2, 0.25) is 0 Å². The van der Waals surface area contributed by atoms with E-state index >= 15 is 0 Å². The maximum Gasteiger partial charge on any atom is 0.497 e. The number of carbonyl (C=O) groups is 1. The van der Waals surface area contributed by atoms with Crippen LogP contribution < -0.4 is 5.32 Å². The molecule has 0 fully saturated rings. The summed E-state index contributed by atoms with van der Waals surface area (Å²) in [7, 11) is -0.0568. The first-order valence-electron chi connectivity index (χ1n) is 6.93. The molecule has 0 radical (unpaired) electrons. The highest BCUT2D eigenvalue weighted by Crippen LogP contribution is 2.25. The third kappa shape index (κ3) is 5.33. The Morgan fingerprint density at radius 3 is 2.60 bits per heavy atom. The van der Waals surface area contributed by atoms with Crippen LogP contribution >= 0.6 is 0 Å². The Bertz CT molecular complexity index is 333. The van der Waals surface area contributed by atoms with Gasteiger partial charge in [0, 0.05) is 20.3 Å². The highest BCUT2D eigenvalue weighted by atomic mass is 28.4. The van der Waals surface area contributed by atoms with Crippen molar-refractivity contribution in [1.29, 1.82) is 0 Å². The molecule has 0 aromatic rings. The molecule has 116 valence electrons. The SMILES string of the molecule is CO[Si](O)(CCCNCC1CC=CCC1C(=O)O)OC. The quantitative estimate of drug-likeness (QED) is 0.333. The van der Waals surface area contributed by atoms with Crippen LogP contribution in [0, 0.1) is 11.8 Å². The van der Waals surface area contributed by atoms with Gasteiger partial charge in [0.25, 0.3) is 0 Å². The summed E-state index contributed by atoms with van der Waals surface area (Å²) in [6.07, 6.45) is 6.15. The van der Waals surface area contributed by atoms with Crippen molar-refractivity contribution in [3.05, 3.63) is 12.2 Å². The molecule has 1 aliphatic carbocycles. The summed E-state index contributed by atoms with van der Waals surface area (Å²) in [5.41, 5.74) is 0. The lowest BCUT2D eigenvalue weighted by Gasteiger charge is -2.25. The number of allylic oxidation sites excluding steroid dienone is 2. The topological polar surface area (TPSA) is 88.0 Å². The fraction of sp³-hybridized carbons (Fsp3) is 0.769. The molecule has 7 heteroatoms. The molecule has 2 atom stereocenters. The standard InChI is InChI=1S/C13H25NO5Si/c1-18-20(17,19-2)9-5-8-14-10-11-6-3-4-7-12(11)13(15)16/h3-4,11-12,14,17H,5-10H2,1-2H3,(H,15,16). The zero-order chi connectivity index (χ0) is 15.0. The van der Waals surface area contributed by atoms with Crippen LogP contribution in [-0.2, 0) is 13.6 Å². The predicted octanol–water partition coefficient (Wildman–Crippen LogP) is 0.857. The van der Waals surface area contributed by atoms with Gasteiger partial charge in [-0.15, -0.1) is 0 Å². The van der Waals surface area contributed by atoms with Crippen LogP contribution in [0.5, 0.6) is 0 Å². The van der Waals surface area contributed by atoms with Gasteiger partial charge in [0.05, 0.1) is 5.92 Å². The molecule has 2 unspecified atom stereocenters. The van der Waals surface area contributed by atoms with Gasteiger partial charge in [-0.05, 0) is 38.3 Å². The van der Waals surface area contributed by atoms with E-state index in [4.69, 9.17) is 14.0 Å². The monoisotopic (exact) mass is 303 g/mol. The molecule has 0 spiro atoms. The lowest BCUT2D eigenvalue weighted by molar-refractivity contribution is -0.143. The van der Waals surface area contributed by atoms with Crippen molar-refractivity contribution in [1.82, 2.24) is 5.32 Å². The number of aliphatic carboxylic acids is 1. The molecular weight excluding hydrogens is 278 g/mol. The van der Waals surface area contributed by atoms with Crippen molar-refractivity contribution in [3.8, 4) is 0 Å². The largest absolute Gasteiger partial charge is 0.497 e. The average Bonchev–Trinajstić information content (AvgIpc) is 2.47. The Morgan fingerprint density at radius 2 is 2.00 bits per heavy atom. The van der Waals surface area contributed by atoms with Crippen LogP contribution in [0.25, 0.3) is 0 Å². The molecule has 20 heavy (non-hydrogen) atoms. The molecule has 0 bridgehead atoms. The lowest BCUT2D eigenvalue weighted by Crippen LogP contribution is -2.41. The molecule has 6 nitrogen and oxygen atoms in total. The van der Waals surface area contributed by atoms with Crippen LogP contribution in [0.15, 0.2) is 12.2 Å². The fourth-order valence-electron chi connectivity index (χ4n) is 2.41. The van der Waals surface area contributed by atoms with Crippen molar-refractivity contribution in [2.45, 2.75) is 25.3 Å². The summed E-state index contributed by atoms with van der Waals surface area (Å²) < 4.78 is 9.98. The number of rotatable bonds is 9. The summed E-state index contributed by atoms with van der Waals surface area (Å²) >= 11 is 0. The van der Waals surface area contributed by atoms with Crippen molar-refractivity contribution < 1.29 is 23.5 Å². The van der Waals surface area contributed by atoms with Gasteiger partial charge in [-0.3, -0.25) is 4.79 Å². The van der Waals surface area contributed by atoms with E-state index < -0.39 is 14.8 Å². The predicted molar refractivity (Wildman–Crippen MR) is 77.3 cm³/mol. The second-order valence-electron chi connectivity index (χ2n) is 5.08. The van der Waals surface area contributed by atoms with Gasteiger partial charge in [0.15, 0.2) is 0 Å².